The van der Waals surface area contributed by atoms with E-state index in [-0.39, 0.29) is 37.3 Å². The standard InChI is InChI=1S/C34H32FN5O4/c1-43-26-18-24(39-20-22-7-9-23(35)16-28(22)34(39)42)17-25(19-26)40-30-15-21(32-36-11-4-12-37-32)8-10-29(30)38-33(40)27-5-2-3-6-31(27)44-14-13-41/h2-12,15-16,24-26,41H,13-14,17-20H2,1H3/t24-,25+,26+/m1/s1. The molecule has 2 aliphatic rings. The molecule has 5 aromatic rings. The summed E-state index contributed by atoms with van der Waals surface area (Å²) in [5.74, 6) is 1.39. The molecule has 1 aliphatic carbocycles. The summed E-state index contributed by atoms with van der Waals surface area (Å²) >= 11 is 0. The van der Waals surface area contributed by atoms with Crippen molar-refractivity contribution in [3.05, 3.63) is 96.1 Å². The van der Waals surface area contributed by atoms with Crippen LogP contribution >= 0.6 is 0 Å². The van der Waals surface area contributed by atoms with Crippen molar-refractivity contribution < 1.29 is 23.8 Å². The molecule has 44 heavy (non-hydrogen) atoms. The molecule has 10 heteroatoms. The smallest absolute Gasteiger partial charge is 0.254 e. The lowest BCUT2D eigenvalue weighted by molar-refractivity contribution is 0.0114. The predicted molar refractivity (Wildman–Crippen MR) is 163 cm³/mol. The van der Waals surface area contributed by atoms with Gasteiger partial charge in [-0.3, -0.25) is 4.79 Å². The molecule has 3 aromatic carbocycles. The first-order valence-corrected chi connectivity index (χ1v) is 14.8. The van der Waals surface area contributed by atoms with Crippen molar-refractivity contribution in [2.75, 3.05) is 20.3 Å². The number of aliphatic hydroxyl groups is 1. The fourth-order valence-corrected chi connectivity index (χ4v) is 6.63. The van der Waals surface area contributed by atoms with Gasteiger partial charge in [-0.1, -0.05) is 18.2 Å². The van der Waals surface area contributed by atoms with E-state index >= 15 is 0 Å². The fourth-order valence-electron chi connectivity index (χ4n) is 6.63. The summed E-state index contributed by atoms with van der Waals surface area (Å²) in [6.07, 6.45) is 5.37. The van der Waals surface area contributed by atoms with Crippen LogP contribution in [0.5, 0.6) is 5.75 Å². The van der Waals surface area contributed by atoms with Crippen LogP contribution in [0.3, 0.4) is 0 Å². The summed E-state index contributed by atoms with van der Waals surface area (Å²) in [4.78, 5) is 29.4. The third-order valence-electron chi connectivity index (χ3n) is 8.65. The van der Waals surface area contributed by atoms with E-state index in [1.165, 1.54) is 12.1 Å². The van der Waals surface area contributed by atoms with Crippen molar-refractivity contribution in [2.24, 2.45) is 0 Å². The third-order valence-corrected chi connectivity index (χ3v) is 8.65. The topological polar surface area (TPSA) is 103 Å². The average molecular weight is 594 g/mol. The molecule has 9 nitrogen and oxygen atoms in total. The summed E-state index contributed by atoms with van der Waals surface area (Å²) in [7, 11) is 1.70. The van der Waals surface area contributed by atoms with Gasteiger partial charge in [0.25, 0.3) is 5.91 Å². The van der Waals surface area contributed by atoms with Crippen molar-refractivity contribution in [1.82, 2.24) is 24.4 Å². The number of nitrogens with zero attached hydrogens (tertiary/aromatic N) is 5. The van der Waals surface area contributed by atoms with Crippen molar-refractivity contribution in [2.45, 2.75) is 44.0 Å². The van der Waals surface area contributed by atoms with Gasteiger partial charge in [-0.25, -0.2) is 19.3 Å². The monoisotopic (exact) mass is 593 g/mol. The minimum atomic E-state index is -0.412. The number of carbonyl (C=O) groups is 1. The van der Waals surface area contributed by atoms with Gasteiger partial charge in [-0.2, -0.15) is 0 Å². The minimum absolute atomic E-state index is 0.0928. The van der Waals surface area contributed by atoms with Crippen molar-refractivity contribution in [1.29, 1.82) is 0 Å². The number of aromatic nitrogens is 4. The molecule has 3 atom stereocenters. The van der Waals surface area contributed by atoms with Crippen LogP contribution in [0.25, 0.3) is 33.8 Å². The van der Waals surface area contributed by atoms with E-state index in [4.69, 9.17) is 14.5 Å². The molecule has 0 radical (unpaired) electrons. The van der Waals surface area contributed by atoms with Crippen LogP contribution < -0.4 is 4.74 Å². The first-order valence-electron chi connectivity index (χ1n) is 14.8. The zero-order valence-electron chi connectivity index (χ0n) is 24.3. The molecule has 2 aromatic heterocycles. The van der Waals surface area contributed by atoms with E-state index in [0.717, 1.165) is 33.5 Å². The van der Waals surface area contributed by atoms with E-state index in [2.05, 4.69) is 20.6 Å². The Morgan fingerprint density at radius 2 is 1.77 bits per heavy atom. The van der Waals surface area contributed by atoms with Gasteiger partial charge in [0.05, 0.1) is 29.3 Å². The van der Waals surface area contributed by atoms with Crippen molar-refractivity contribution in [3.63, 3.8) is 0 Å². The Kier molecular flexibility index (Phi) is 7.53. The number of hydrogen-bond acceptors (Lipinski definition) is 7. The fraction of sp³-hybridized carbons (Fsp3) is 0.294. The number of ether oxygens (including phenoxy) is 2. The third kappa shape index (κ3) is 5.10. The first-order chi connectivity index (χ1) is 21.5. The second-order valence-electron chi connectivity index (χ2n) is 11.3. The highest BCUT2D eigenvalue weighted by Gasteiger charge is 2.40. The largest absolute Gasteiger partial charge is 0.490 e. The highest BCUT2D eigenvalue weighted by Crippen LogP contribution is 2.42. The molecule has 0 saturated heterocycles. The zero-order chi connectivity index (χ0) is 30.2. The Morgan fingerprint density at radius 3 is 2.59 bits per heavy atom. The first kappa shape index (κ1) is 28.1. The minimum Gasteiger partial charge on any atom is -0.490 e. The number of carbonyl (C=O) groups excluding carboxylic acids is 1. The molecule has 1 aliphatic heterocycles. The Labute approximate surface area is 253 Å². The quantitative estimate of drug-likeness (QED) is 0.256. The van der Waals surface area contributed by atoms with Gasteiger partial charge >= 0.3 is 0 Å². The maximum absolute atomic E-state index is 14.1. The van der Waals surface area contributed by atoms with Crippen LogP contribution in [0, 0.1) is 5.82 Å². The lowest BCUT2D eigenvalue weighted by Crippen LogP contribution is -2.44. The van der Waals surface area contributed by atoms with E-state index in [0.29, 0.717) is 42.9 Å². The Balaban J connectivity index is 1.35. The average Bonchev–Trinajstić information content (AvgIpc) is 3.61. The molecule has 1 saturated carbocycles. The van der Waals surface area contributed by atoms with Crippen molar-refractivity contribution in [3.8, 4) is 28.5 Å². The van der Waals surface area contributed by atoms with Crippen LogP contribution in [0.15, 0.2) is 79.1 Å². The molecular weight excluding hydrogens is 561 g/mol. The number of imidazole rings is 1. The lowest BCUT2D eigenvalue weighted by Gasteiger charge is -2.40. The predicted octanol–water partition coefficient (Wildman–Crippen LogP) is 5.44. The summed E-state index contributed by atoms with van der Waals surface area (Å²) in [6.45, 7) is 0.483. The molecule has 7 rings (SSSR count). The summed E-state index contributed by atoms with van der Waals surface area (Å²) in [5, 5.41) is 9.47. The van der Waals surface area contributed by atoms with Gasteiger partial charge in [-0.15, -0.1) is 0 Å². The van der Waals surface area contributed by atoms with Crippen LogP contribution in [0.1, 0.15) is 41.2 Å². The zero-order valence-corrected chi connectivity index (χ0v) is 24.3. The summed E-state index contributed by atoms with van der Waals surface area (Å²) in [5.41, 5.74) is 4.62. The molecule has 0 bridgehead atoms. The molecule has 0 spiro atoms. The second kappa shape index (κ2) is 11.8. The van der Waals surface area contributed by atoms with Gasteiger partial charge in [0, 0.05) is 49.3 Å². The number of para-hydroxylation sites is 1. The van der Waals surface area contributed by atoms with Gasteiger partial charge in [-0.05, 0) is 73.4 Å². The second-order valence-corrected chi connectivity index (χ2v) is 11.3. The number of halogens is 1. The van der Waals surface area contributed by atoms with E-state index in [9.17, 15) is 14.3 Å². The summed E-state index contributed by atoms with van der Waals surface area (Å²) < 4.78 is 28.2. The number of methoxy groups -OCH3 is 1. The van der Waals surface area contributed by atoms with E-state index in [1.807, 2.05) is 41.3 Å². The maximum Gasteiger partial charge on any atom is 0.254 e. The Bertz CT molecular complexity index is 1830. The van der Waals surface area contributed by atoms with E-state index < -0.39 is 5.82 Å². The van der Waals surface area contributed by atoms with Crippen LogP contribution in [-0.2, 0) is 11.3 Å². The number of benzene rings is 3. The highest BCUT2D eigenvalue weighted by atomic mass is 19.1. The number of hydrogen-bond donors (Lipinski definition) is 1. The number of aliphatic hydroxyl groups excluding tert-OH is 1. The van der Waals surface area contributed by atoms with Gasteiger partial charge in [0.15, 0.2) is 5.82 Å². The molecule has 224 valence electrons. The van der Waals surface area contributed by atoms with Gasteiger partial charge in [0.1, 0.15) is 24.0 Å². The SMILES string of the molecule is CO[C@H]1C[C@H](N2Cc3ccc(F)cc3C2=O)C[C@H](n2c(-c3ccccc3OCCO)nc3ccc(-c4ncccn4)cc32)C1. The van der Waals surface area contributed by atoms with Gasteiger partial charge < -0.3 is 24.0 Å². The molecule has 0 unspecified atom stereocenters. The normalized spacial score (nSPS) is 19.8. The number of rotatable bonds is 8. The number of amides is 1. The molecule has 3 heterocycles. The van der Waals surface area contributed by atoms with Crippen molar-refractivity contribution >= 4 is 16.9 Å². The highest BCUT2D eigenvalue weighted by molar-refractivity contribution is 5.98. The van der Waals surface area contributed by atoms with Gasteiger partial charge in [0.2, 0.25) is 0 Å². The molecule has 1 N–H and O–H groups in total. The number of fused-ring (bicyclic) bond motifs is 2. The van der Waals surface area contributed by atoms with Crippen LogP contribution in [0.2, 0.25) is 0 Å². The lowest BCUT2D eigenvalue weighted by atomic mass is 9.87. The molecular formula is C34H32FN5O4. The summed E-state index contributed by atoms with van der Waals surface area (Å²) in [6, 6.07) is 19.7. The maximum atomic E-state index is 14.1. The molecule has 1 fully saturated rings. The van der Waals surface area contributed by atoms with Crippen LogP contribution in [-0.4, -0.2) is 67.9 Å². The molecule has 1 amide bonds. The van der Waals surface area contributed by atoms with Crippen LogP contribution in [0.4, 0.5) is 4.39 Å². The Morgan fingerprint density at radius 1 is 0.955 bits per heavy atom. The van der Waals surface area contributed by atoms with E-state index in [1.54, 1.807) is 31.6 Å². The Hall–Kier alpha value is -4.67.